The van der Waals surface area contributed by atoms with Crippen molar-refractivity contribution in [1.82, 2.24) is 14.6 Å². The standard InChI is InChI=1S/C17H22ClN5O2/c1-11(19)16-20-14-4-2-3-13(18)15(14)17(24)23(16)22-7-5-21(6-8-22)12-9-25-10-12/h2-4,11-12H,5-10,19H2,1H3/t11-/m0/s1. The molecule has 8 heteroatoms. The number of benzene rings is 1. The van der Waals surface area contributed by atoms with Gasteiger partial charge in [0.15, 0.2) is 0 Å². The number of halogens is 1. The molecule has 4 rings (SSSR count). The van der Waals surface area contributed by atoms with Crippen LogP contribution in [0, 0.1) is 0 Å². The van der Waals surface area contributed by atoms with Crippen LogP contribution in [0.15, 0.2) is 23.0 Å². The molecular weight excluding hydrogens is 342 g/mol. The van der Waals surface area contributed by atoms with E-state index in [1.165, 1.54) is 0 Å². The van der Waals surface area contributed by atoms with Crippen molar-refractivity contribution in [1.29, 1.82) is 0 Å². The molecule has 2 fully saturated rings. The number of rotatable bonds is 3. The zero-order chi connectivity index (χ0) is 17.6. The third-order valence-electron chi connectivity index (χ3n) is 4.97. The molecular formula is C17H22ClN5O2. The van der Waals surface area contributed by atoms with Gasteiger partial charge in [0, 0.05) is 26.2 Å². The van der Waals surface area contributed by atoms with Gasteiger partial charge in [0.2, 0.25) is 0 Å². The summed E-state index contributed by atoms with van der Waals surface area (Å²) in [6, 6.07) is 5.47. The minimum Gasteiger partial charge on any atom is -0.378 e. The summed E-state index contributed by atoms with van der Waals surface area (Å²) < 4.78 is 6.91. The van der Waals surface area contributed by atoms with Crippen LogP contribution in [-0.4, -0.2) is 60.0 Å². The maximum Gasteiger partial charge on any atom is 0.281 e. The Labute approximate surface area is 150 Å². The number of piperazine rings is 1. The summed E-state index contributed by atoms with van der Waals surface area (Å²) in [4.78, 5) is 20.2. The molecule has 0 saturated carbocycles. The molecule has 0 aliphatic carbocycles. The number of ether oxygens (including phenoxy) is 1. The van der Waals surface area contributed by atoms with E-state index >= 15 is 0 Å². The molecule has 3 heterocycles. The second kappa shape index (κ2) is 6.57. The highest BCUT2D eigenvalue weighted by atomic mass is 35.5. The Morgan fingerprint density at radius 3 is 2.60 bits per heavy atom. The number of hydrogen-bond acceptors (Lipinski definition) is 6. The van der Waals surface area contributed by atoms with Crippen molar-refractivity contribution >= 4 is 22.5 Å². The molecule has 0 unspecified atom stereocenters. The van der Waals surface area contributed by atoms with Gasteiger partial charge in [-0.3, -0.25) is 9.69 Å². The predicted molar refractivity (Wildman–Crippen MR) is 97.7 cm³/mol. The molecule has 25 heavy (non-hydrogen) atoms. The van der Waals surface area contributed by atoms with E-state index < -0.39 is 0 Å². The normalized spacial score (nSPS) is 20.7. The van der Waals surface area contributed by atoms with Crippen molar-refractivity contribution in [2.45, 2.75) is 19.0 Å². The van der Waals surface area contributed by atoms with Crippen LogP contribution in [0.2, 0.25) is 5.02 Å². The van der Waals surface area contributed by atoms with E-state index in [9.17, 15) is 4.79 Å². The third kappa shape index (κ3) is 2.91. The molecule has 0 bridgehead atoms. The van der Waals surface area contributed by atoms with Crippen LogP contribution in [0.25, 0.3) is 10.9 Å². The fourth-order valence-electron chi connectivity index (χ4n) is 3.48. The van der Waals surface area contributed by atoms with E-state index in [4.69, 9.17) is 22.1 Å². The van der Waals surface area contributed by atoms with Crippen molar-refractivity contribution in [3.8, 4) is 0 Å². The van der Waals surface area contributed by atoms with Gasteiger partial charge in [-0.15, -0.1) is 0 Å². The zero-order valence-corrected chi connectivity index (χ0v) is 14.9. The van der Waals surface area contributed by atoms with Crippen LogP contribution in [-0.2, 0) is 4.74 Å². The summed E-state index contributed by atoms with van der Waals surface area (Å²) in [5, 5.41) is 2.90. The van der Waals surface area contributed by atoms with Gasteiger partial charge < -0.3 is 15.5 Å². The Kier molecular flexibility index (Phi) is 4.41. The molecule has 1 aromatic heterocycles. The summed E-state index contributed by atoms with van der Waals surface area (Å²) >= 11 is 6.27. The Hall–Kier alpha value is -1.67. The van der Waals surface area contributed by atoms with Crippen molar-refractivity contribution in [3.63, 3.8) is 0 Å². The second-order valence-electron chi connectivity index (χ2n) is 6.69. The van der Waals surface area contributed by atoms with Gasteiger partial charge >= 0.3 is 0 Å². The summed E-state index contributed by atoms with van der Waals surface area (Å²) in [6.45, 7) is 6.72. The van der Waals surface area contributed by atoms with Gasteiger partial charge in [-0.05, 0) is 19.1 Å². The monoisotopic (exact) mass is 363 g/mol. The molecule has 134 valence electrons. The summed E-state index contributed by atoms with van der Waals surface area (Å²) in [5.74, 6) is 0.570. The minimum absolute atomic E-state index is 0.150. The fraction of sp³-hybridized carbons (Fsp3) is 0.529. The van der Waals surface area contributed by atoms with E-state index in [-0.39, 0.29) is 11.6 Å². The van der Waals surface area contributed by atoms with Crippen molar-refractivity contribution < 1.29 is 4.74 Å². The number of aromatic nitrogens is 2. The predicted octanol–water partition coefficient (Wildman–Crippen LogP) is 0.722. The van der Waals surface area contributed by atoms with Crippen LogP contribution < -0.4 is 16.3 Å². The van der Waals surface area contributed by atoms with Crippen molar-refractivity contribution in [3.05, 3.63) is 39.4 Å². The van der Waals surface area contributed by atoms with Gasteiger partial charge in [-0.1, -0.05) is 17.7 Å². The van der Waals surface area contributed by atoms with Gasteiger partial charge in [-0.2, -0.15) is 0 Å². The lowest BCUT2D eigenvalue weighted by Gasteiger charge is -2.43. The van der Waals surface area contributed by atoms with E-state index in [0.717, 1.165) is 39.4 Å². The largest absolute Gasteiger partial charge is 0.378 e. The second-order valence-corrected chi connectivity index (χ2v) is 7.10. The van der Waals surface area contributed by atoms with E-state index in [1.807, 2.05) is 11.9 Å². The van der Waals surface area contributed by atoms with E-state index in [0.29, 0.717) is 27.8 Å². The zero-order valence-electron chi connectivity index (χ0n) is 14.2. The highest BCUT2D eigenvalue weighted by Gasteiger charge is 2.30. The van der Waals surface area contributed by atoms with E-state index in [1.54, 1.807) is 22.9 Å². The smallest absolute Gasteiger partial charge is 0.281 e. The first-order valence-electron chi connectivity index (χ1n) is 8.60. The average molecular weight is 364 g/mol. The molecule has 1 aromatic carbocycles. The topological polar surface area (TPSA) is 76.6 Å². The first-order valence-corrected chi connectivity index (χ1v) is 8.98. The molecule has 0 spiro atoms. The van der Waals surface area contributed by atoms with Gasteiger partial charge in [0.05, 0.1) is 41.2 Å². The Morgan fingerprint density at radius 2 is 2.00 bits per heavy atom. The molecule has 0 radical (unpaired) electrons. The average Bonchev–Trinajstić information content (AvgIpc) is 2.54. The molecule has 2 saturated heterocycles. The maximum atomic E-state index is 13.2. The first-order chi connectivity index (χ1) is 12.1. The molecule has 2 aliphatic heterocycles. The number of nitrogens with zero attached hydrogens (tertiary/aromatic N) is 4. The number of hydrogen-bond donors (Lipinski definition) is 1. The van der Waals surface area contributed by atoms with Crippen LogP contribution >= 0.6 is 11.6 Å². The number of nitrogens with two attached hydrogens (primary N) is 1. The van der Waals surface area contributed by atoms with Crippen molar-refractivity contribution in [2.24, 2.45) is 5.73 Å². The Bertz CT molecular complexity index is 841. The molecule has 7 nitrogen and oxygen atoms in total. The van der Waals surface area contributed by atoms with E-state index in [2.05, 4.69) is 9.88 Å². The number of fused-ring (bicyclic) bond motifs is 1. The van der Waals surface area contributed by atoms with Crippen LogP contribution in [0.3, 0.4) is 0 Å². The SMILES string of the molecule is C[C@H](N)c1nc2cccc(Cl)c2c(=O)n1N1CCN(C2COC2)CC1. The lowest BCUT2D eigenvalue weighted by Crippen LogP contribution is -2.60. The fourth-order valence-corrected chi connectivity index (χ4v) is 3.73. The van der Waals surface area contributed by atoms with Gasteiger partial charge in [-0.25, -0.2) is 9.66 Å². The maximum absolute atomic E-state index is 13.2. The highest BCUT2D eigenvalue weighted by Crippen LogP contribution is 2.21. The Morgan fingerprint density at radius 1 is 1.28 bits per heavy atom. The third-order valence-corrected chi connectivity index (χ3v) is 5.28. The highest BCUT2D eigenvalue weighted by molar-refractivity contribution is 6.35. The molecule has 0 amide bonds. The van der Waals surface area contributed by atoms with Crippen LogP contribution in [0.5, 0.6) is 0 Å². The summed E-state index contributed by atoms with van der Waals surface area (Å²) in [5.41, 5.74) is 6.56. The lowest BCUT2D eigenvalue weighted by molar-refractivity contribution is -0.0672. The van der Waals surface area contributed by atoms with Crippen LogP contribution in [0.4, 0.5) is 0 Å². The molecule has 1 atom stereocenters. The lowest BCUT2D eigenvalue weighted by atomic mass is 10.2. The molecule has 2 aromatic rings. The molecule has 2 N–H and O–H groups in total. The summed E-state index contributed by atoms with van der Waals surface area (Å²) in [6.07, 6.45) is 0. The molecule has 2 aliphatic rings. The van der Waals surface area contributed by atoms with Crippen molar-refractivity contribution in [2.75, 3.05) is 44.4 Å². The van der Waals surface area contributed by atoms with Crippen LogP contribution in [0.1, 0.15) is 18.8 Å². The summed E-state index contributed by atoms with van der Waals surface area (Å²) in [7, 11) is 0. The minimum atomic E-state index is -0.353. The van der Waals surface area contributed by atoms with Gasteiger partial charge in [0.1, 0.15) is 5.82 Å². The Balaban J connectivity index is 1.73. The quantitative estimate of drug-likeness (QED) is 0.866. The van der Waals surface area contributed by atoms with Gasteiger partial charge in [0.25, 0.3) is 5.56 Å². The first kappa shape index (κ1) is 16.8.